The quantitative estimate of drug-likeness (QED) is 0.735. The molecule has 20 heavy (non-hydrogen) atoms. The van der Waals surface area contributed by atoms with Gasteiger partial charge in [-0.1, -0.05) is 43.4 Å². The Morgan fingerprint density at radius 1 is 0.900 bits per heavy atom. The monoisotopic (exact) mass is 268 g/mol. The molecule has 0 heterocycles. The van der Waals surface area contributed by atoms with Gasteiger partial charge in [-0.15, -0.1) is 0 Å². The topological polar surface area (TPSA) is 66.0 Å². The Morgan fingerprint density at radius 3 is 1.65 bits per heavy atom. The van der Waals surface area contributed by atoms with E-state index in [1.807, 2.05) is 55.5 Å². The standard InChI is InChI=1S/C16H16N2O2/c1-14(15(19-12-17)8-4-2-5-9-15)16(20-13-18)10-6-3-7-11-16/h2-8,10,14H,9,11H2,1H3. The van der Waals surface area contributed by atoms with Crippen molar-refractivity contribution in [1.29, 1.82) is 10.5 Å². The molecule has 0 aromatic rings. The number of hydrogen-bond acceptors (Lipinski definition) is 4. The fraction of sp³-hybridized carbons (Fsp3) is 0.375. The summed E-state index contributed by atoms with van der Waals surface area (Å²) in [4.78, 5) is 0. The lowest BCUT2D eigenvalue weighted by Crippen LogP contribution is -2.51. The van der Waals surface area contributed by atoms with E-state index in [4.69, 9.17) is 20.0 Å². The van der Waals surface area contributed by atoms with Gasteiger partial charge in [0.15, 0.2) is 11.2 Å². The first kappa shape index (κ1) is 14.0. The first-order valence-electron chi connectivity index (χ1n) is 6.52. The fourth-order valence-corrected chi connectivity index (χ4v) is 2.79. The van der Waals surface area contributed by atoms with Crippen molar-refractivity contribution in [2.75, 3.05) is 0 Å². The molecule has 2 aliphatic rings. The zero-order chi connectivity index (χ0) is 14.5. The van der Waals surface area contributed by atoms with Gasteiger partial charge < -0.3 is 9.47 Å². The number of allylic oxidation sites excluding steroid dienone is 4. The molecule has 0 saturated heterocycles. The van der Waals surface area contributed by atoms with Crippen LogP contribution in [-0.2, 0) is 9.47 Å². The molecule has 0 aliphatic heterocycles. The molecule has 0 aromatic heterocycles. The summed E-state index contributed by atoms with van der Waals surface area (Å²) in [7, 11) is 0. The van der Waals surface area contributed by atoms with Gasteiger partial charge in [0, 0.05) is 18.8 Å². The normalized spacial score (nSPS) is 32.1. The number of ether oxygens (including phenoxy) is 2. The van der Waals surface area contributed by atoms with Crippen LogP contribution >= 0.6 is 0 Å². The molecule has 4 nitrogen and oxygen atoms in total. The van der Waals surface area contributed by atoms with Crippen LogP contribution in [0.4, 0.5) is 0 Å². The molecule has 0 radical (unpaired) electrons. The average molecular weight is 268 g/mol. The molecular formula is C16H16N2O2. The van der Waals surface area contributed by atoms with Crippen LogP contribution in [0.15, 0.2) is 48.6 Å². The summed E-state index contributed by atoms with van der Waals surface area (Å²) >= 11 is 0. The molecule has 2 rings (SSSR count). The minimum atomic E-state index is -0.782. The Kier molecular flexibility index (Phi) is 3.96. The average Bonchev–Trinajstić information content (AvgIpc) is 2.49. The SMILES string of the molecule is CC(C1(OC#N)C=CC=CC1)C1(OC#N)C=CC=CC1. The van der Waals surface area contributed by atoms with E-state index in [-0.39, 0.29) is 5.92 Å². The maximum absolute atomic E-state index is 8.98. The molecule has 2 atom stereocenters. The highest BCUT2D eigenvalue weighted by molar-refractivity contribution is 5.28. The zero-order valence-corrected chi connectivity index (χ0v) is 11.3. The lowest BCUT2D eigenvalue weighted by atomic mass is 9.70. The molecular weight excluding hydrogens is 252 g/mol. The third-order valence-corrected chi connectivity index (χ3v) is 4.06. The first-order chi connectivity index (χ1) is 9.69. The lowest BCUT2D eigenvalue weighted by Gasteiger charge is -2.43. The van der Waals surface area contributed by atoms with Crippen molar-refractivity contribution in [3.05, 3.63) is 48.6 Å². The highest BCUT2D eigenvalue weighted by Crippen LogP contribution is 2.42. The molecule has 0 fully saturated rings. The van der Waals surface area contributed by atoms with Gasteiger partial charge in [-0.25, -0.2) is 0 Å². The second kappa shape index (κ2) is 5.67. The molecule has 0 N–H and O–H groups in total. The third kappa shape index (κ3) is 2.33. The molecule has 2 unspecified atom stereocenters. The van der Waals surface area contributed by atoms with Crippen LogP contribution in [-0.4, -0.2) is 11.2 Å². The van der Waals surface area contributed by atoms with Crippen LogP contribution < -0.4 is 0 Å². The summed E-state index contributed by atoms with van der Waals surface area (Å²) < 4.78 is 10.8. The van der Waals surface area contributed by atoms with E-state index in [1.165, 1.54) is 0 Å². The summed E-state index contributed by atoms with van der Waals surface area (Å²) in [6.45, 7) is 1.95. The van der Waals surface area contributed by atoms with Crippen LogP contribution in [0.25, 0.3) is 0 Å². The lowest BCUT2D eigenvalue weighted by molar-refractivity contribution is -0.0689. The second-order valence-corrected chi connectivity index (χ2v) is 5.00. The van der Waals surface area contributed by atoms with E-state index in [0.717, 1.165) is 0 Å². The van der Waals surface area contributed by atoms with E-state index in [0.29, 0.717) is 12.8 Å². The first-order valence-corrected chi connectivity index (χ1v) is 6.52. The van der Waals surface area contributed by atoms with Crippen molar-refractivity contribution in [2.45, 2.75) is 31.0 Å². The Bertz CT molecular complexity index is 512. The van der Waals surface area contributed by atoms with Crippen molar-refractivity contribution in [3.63, 3.8) is 0 Å². The Balaban J connectivity index is 2.38. The maximum atomic E-state index is 8.98. The molecule has 2 aliphatic carbocycles. The van der Waals surface area contributed by atoms with Crippen molar-refractivity contribution in [2.24, 2.45) is 5.92 Å². The van der Waals surface area contributed by atoms with Crippen molar-refractivity contribution < 1.29 is 9.47 Å². The van der Waals surface area contributed by atoms with Gasteiger partial charge in [0.05, 0.1) is 0 Å². The summed E-state index contributed by atoms with van der Waals surface area (Å²) in [5.41, 5.74) is -1.56. The summed E-state index contributed by atoms with van der Waals surface area (Å²) in [6.07, 6.45) is 19.9. The summed E-state index contributed by atoms with van der Waals surface area (Å²) in [5, 5.41) is 18.0. The maximum Gasteiger partial charge on any atom is 0.287 e. The van der Waals surface area contributed by atoms with Gasteiger partial charge in [-0.3, -0.25) is 0 Å². The van der Waals surface area contributed by atoms with Crippen LogP contribution in [0.2, 0.25) is 0 Å². The van der Waals surface area contributed by atoms with E-state index in [2.05, 4.69) is 0 Å². The van der Waals surface area contributed by atoms with E-state index < -0.39 is 11.2 Å². The molecule has 0 spiro atoms. The van der Waals surface area contributed by atoms with Crippen LogP contribution in [0.1, 0.15) is 19.8 Å². The molecule has 0 saturated carbocycles. The largest absolute Gasteiger partial charge is 0.416 e. The van der Waals surface area contributed by atoms with Gasteiger partial charge in [0.2, 0.25) is 0 Å². The summed E-state index contributed by atoms with van der Waals surface area (Å²) in [6, 6.07) is 0. The third-order valence-electron chi connectivity index (χ3n) is 4.06. The van der Waals surface area contributed by atoms with Crippen molar-refractivity contribution >= 4 is 0 Å². The number of hydrogen-bond donors (Lipinski definition) is 0. The Morgan fingerprint density at radius 2 is 1.35 bits per heavy atom. The van der Waals surface area contributed by atoms with Gasteiger partial charge in [0.25, 0.3) is 12.5 Å². The van der Waals surface area contributed by atoms with Crippen LogP contribution in [0.5, 0.6) is 0 Å². The van der Waals surface area contributed by atoms with Gasteiger partial charge in [-0.05, 0) is 12.2 Å². The Hall–Kier alpha value is -2.46. The number of nitriles is 2. The minimum absolute atomic E-state index is 0.198. The fourth-order valence-electron chi connectivity index (χ4n) is 2.79. The smallest absolute Gasteiger partial charge is 0.287 e. The predicted molar refractivity (Wildman–Crippen MR) is 73.8 cm³/mol. The van der Waals surface area contributed by atoms with E-state index in [9.17, 15) is 0 Å². The van der Waals surface area contributed by atoms with Crippen LogP contribution in [0, 0.1) is 29.0 Å². The molecule has 0 aromatic carbocycles. The van der Waals surface area contributed by atoms with E-state index in [1.54, 1.807) is 12.5 Å². The van der Waals surface area contributed by atoms with Gasteiger partial charge in [0.1, 0.15) is 0 Å². The van der Waals surface area contributed by atoms with Crippen molar-refractivity contribution in [1.82, 2.24) is 0 Å². The highest BCUT2D eigenvalue weighted by atomic mass is 16.5. The molecule has 0 amide bonds. The van der Waals surface area contributed by atoms with E-state index >= 15 is 0 Å². The highest BCUT2D eigenvalue weighted by Gasteiger charge is 2.49. The van der Waals surface area contributed by atoms with Gasteiger partial charge >= 0.3 is 0 Å². The Labute approximate surface area is 118 Å². The second-order valence-electron chi connectivity index (χ2n) is 5.00. The van der Waals surface area contributed by atoms with Crippen molar-refractivity contribution in [3.8, 4) is 12.5 Å². The summed E-state index contributed by atoms with van der Waals surface area (Å²) in [5.74, 6) is -0.198. The number of nitrogens with zero attached hydrogens (tertiary/aromatic N) is 2. The number of rotatable bonds is 4. The van der Waals surface area contributed by atoms with Crippen LogP contribution in [0.3, 0.4) is 0 Å². The molecule has 0 bridgehead atoms. The molecule has 102 valence electrons. The predicted octanol–water partition coefficient (Wildman–Crippen LogP) is 3.13. The van der Waals surface area contributed by atoms with Gasteiger partial charge in [-0.2, -0.15) is 10.5 Å². The minimum Gasteiger partial charge on any atom is -0.416 e. The zero-order valence-electron chi connectivity index (χ0n) is 11.3. The molecule has 4 heteroatoms.